The number of aromatic nitrogens is 2. The maximum absolute atomic E-state index is 12.0. The average molecular weight is 496 g/mol. The van der Waals surface area contributed by atoms with Gasteiger partial charge in [0, 0.05) is 23.0 Å². The highest BCUT2D eigenvalue weighted by atomic mass is 35.5. The summed E-state index contributed by atoms with van der Waals surface area (Å²) in [5.74, 6) is 1.55. The number of carbonyl (C=O) groups excluding carboxylic acids is 1. The van der Waals surface area contributed by atoms with Crippen LogP contribution in [-0.4, -0.2) is 28.6 Å². The van der Waals surface area contributed by atoms with Gasteiger partial charge < -0.3 is 14.6 Å². The first-order valence-corrected chi connectivity index (χ1v) is 12.2. The van der Waals surface area contributed by atoms with Crippen molar-refractivity contribution in [2.45, 2.75) is 32.2 Å². The van der Waals surface area contributed by atoms with Crippen molar-refractivity contribution in [3.05, 3.63) is 94.2 Å². The van der Waals surface area contributed by atoms with E-state index >= 15 is 0 Å². The van der Waals surface area contributed by atoms with E-state index < -0.39 is 0 Å². The summed E-state index contributed by atoms with van der Waals surface area (Å²) in [5.41, 5.74) is 3.19. The highest BCUT2D eigenvalue weighted by molar-refractivity contribution is 6.31. The minimum atomic E-state index is -0.128. The largest absolute Gasteiger partial charge is 0.484 e. The van der Waals surface area contributed by atoms with Crippen molar-refractivity contribution in [1.82, 2.24) is 14.9 Å². The lowest BCUT2D eigenvalue weighted by atomic mass is 10.1. The molecule has 1 amide bonds. The third-order valence-corrected chi connectivity index (χ3v) is 6.22. The Labute approximate surface area is 209 Å². The fourth-order valence-corrected chi connectivity index (χ4v) is 4.15. The lowest BCUT2D eigenvalue weighted by Gasteiger charge is -2.11. The average Bonchev–Trinajstić information content (AvgIpc) is 3.19. The van der Waals surface area contributed by atoms with Crippen LogP contribution >= 0.6 is 23.2 Å². The van der Waals surface area contributed by atoms with Gasteiger partial charge in [-0.1, -0.05) is 60.0 Å². The normalized spacial score (nSPS) is 11.0. The van der Waals surface area contributed by atoms with Crippen LogP contribution in [0.15, 0.2) is 72.8 Å². The summed E-state index contributed by atoms with van der Waals surface area (Å²) in [4.78, 5) is 16.9. The van der Waals surface area contributed by atoms with Gasteiger partial charge in [-0.2, -0.15) is 0 Å². The molecule has 0 spiro atoms. The van der Waals surface area contributed by atoms with E-state index in [4.69, 9.17) is 32.9 Å². The second kappa shape index (κ2) is 11.9. The zero-order chi connectivity index (χ0) is 23.8. The number of hydrogen-bond donors (Lipinski definition) is 1. The number of nitrogens with one attached hydrogen (secondary N) is 1. The summed E-state index contributed by atoms with van der Waals surface area (Å²) < 4.78 is 7.72. The fourth-order valence-electron chi connectivity index (χ4n) is 3.83. The summed E-state index contributed by atoms with van der Waals surface area (Å²) in [5, 5.41) is 4.31. The van der Waals surface area contributed by atoms with Crippen LogP contribution in [0.25, 0.3) is 11.0 Å². The molecule has 3 aromatic carbocycles. The van der Waals surface area contributed by atoms with Crippen LogP contribution in [0.3, 0.4) is 0 Å². The predicted octanol–water partition coefficient (Wildman–Crippen LogP) is 6.30. The molecule has 0 saturated heterocycles. The topological polar surface area (TPSA) is 56.1 Å². The number of unbranched alkanes of at least 4 members (excludes halogenated alkanes) is 2. The predicted molar refractivity (Wildman–Crippen MR) is 138 cm³/mol. The van der Waals surface area contributed by atoms with E-state index in [1.165, 1.54) is 0 Å². The Balaban J connectivity index is 1.24. The lowest BCUT2D eigenvalue weighted by molar-refractivity contribution is -0.123. The first-order chi connectivity index (χ1) is 16.6. The molecule has 0 aliphatic carbocycles. The Morgan fingerprint density at radius 3 is 2.50 bits per heavy atom. The Morgan fingerprint density at radius 2 is 1.68 bits per heavy atom. The van der Waals surface area contributed by atoms with Gasteiger partial charge in [0.25, 0.3) is 5.91 Å². The Kier molecular flexibility index (Phi) is 8.45. The second-order valence-electron chi connectivity index (χ2n) is 8.10. The maximum atomic E-state index is 12.0. The molecule has 4 rings (SSSR count). The number of nitrogens with zero attached hydrogens (tertiary/aromatic N) is 2. The number of amides is 1. The molecule has 0 saturated carbocycles. The molecule has 0 aliphatic heterocycles. The molecule has 0 atom stereocenters. The lowest BCUT2D eigenvalue weighted by Crippen LogP contribution is -2.29. The first kappa shape index (κ1) is 24.1. The number of halogens is 2. The fraction of sp³-hybridized carbons (Fsp3) is 0.259. The molecule has 7 heteroatoms. The molecule has 1 heterocycles. The summed E-state index contributed by atoms with van der Waals surface area (Å²) in [6.45, 7) is 1.31. The standard InChI is InChI=1S/C27H27Cl2N3O2/c28-21-13-15-22(16-14-21)34-19-27(33)30-17-7-1-2-12-26-31-24-10-5-6-11-25(24)32(26)18-20-8-3-4-9-23(20)29/h3-6,8-11,13-16H,1-2,7,12,17-19H2,(H,30,33). The molecular weight excluding hydrogens is 469 g/mol. The molecule has 0 fully saturated rings. The Morgan fingerprint density at radius 1 is 0.912 bits per heavy atom. The van der Waals surface area contributed by atoms with Crippen LogP contribution in [-0.2, 0) is 17.8 Å². The highest BCUT2D eigenvalue weighted by Gasteiger charge is 2.12. The van der Waals surface area contributed by atoms with Crippen molar-refractivity contribution in [1.29, 1.82) is 0 Å². The van der Waals surface area contributed by atoms with Crippen molar-refractivity contribution in [3.63, 3.8) is 0 Å². The molecule has 5 nitrogen and oxygen atoms in total. The van der Waals surface area contributed by atoms with Crippen LogP contribution < -0.4 is 10.1 Å². The van der Waals surface area contributed by atoms with E-state index in [-0.39, 0.29) is 12.5 Å². The summed E-state index contributed by atoms with van der Waals surface area (Å²) in [6.07, 6.45) is 3.75. The van der Waals surface area contributed by atoms with Gasteiger partial charge in [-0.15, -0.1) is 0 Å². The second-order valence-corrected chi connectivity index (χ2v) is 8.94. The van der Waals surface area contributed by atoms with E-state index in [1.54, 1.807) is 24.3 Å². The number of ether oxygens (including phenoxy) is 1. The SMILES string of the molecule is O=C(COc1ccc(Cl)cc1)NCCCCCc1nc2ccccc2n1Cc1ccccc1Cl. The number of fused-ring (bicyclic) bond motifs is 1. The minimum absolute atomic E-state index is 0.00625. The van der Waals surface area contributed by atoms with Crippen molar-refractivity contribution in [2.75, 3.05) is 13.2 Å². The van der Waals surface area contributed by atoms with Gasteiger partial charge in [-0.05, 0) is 60.9 Å². The van der Waals surface area contributed by atoms with E-state index in [2.05, 4.69) is 22.0 Å². The zero-order valence-corrected chi connectivity index (χ0v) is 20.4. The van der Waals surface area contributed by atoms with Crippen molar-refractivity contribution in [3.8, 4) is 5.75 Å². The van der Waals surface area contributed by atoms with Crippen LogP contribution in [0.1, 0.15) is 30.7 Å². The van der Waals surface area contributed by atoms with Crippen LogP contribution in [0.4, 0.5) is 0 Å². The van der Waals surface area contributed by atoms with E-state index in [9.17, 15) is 4.79 Å². The monoisotopic (exact) mass is 495 g/mol. The number of carbonyl (C=O) groups is 1. The third kappa shape index (κ3) is 6.52. The molecule has 0 radical (unpaired) electrons. The molecule has 0 aliphatic rings. The quantitative estimate of drug-likeness (QED) is 0.248. The molecule has 0 unspecified atom stereocenters. The van der Waals surface area contributed by atoms with Crippen molar-refractivity contribution in [2.24, 2.45) is 0 Å². The Bertz CT molecular complexity index is 1240. The van der Waals surface area contributed by atoms with Gasteiger partial charge in [0.2, 0.25) is 0 Å². The molecule has 176 valence electrons. The first-order valence-electron chi connectivity index (χ1n) is 11.4. The van der Waals surface area contributed by atoms with Crippen LogP contribution in [0, 0.1) is 0 Å². The Hall–Kier alpha value is -3.02. The maximum Gasteiger partial charge on any atom is 0.257 e. The molecule has 34 heavy (non-hydrogen) atoms. The van der Waals surface area contributed by atoms with Crippen molar-refractivity contribution < 1.29 is 9.53 Å². The van der Waals surface area contributed by atoms with E-state index in [0.717, 1.165) is 53.1 Å². The van der Waals surface area contributed by atoms with E-state index in [1.807, 2.05) is 36.4 Å². The summed E-state index contributed by atoms with van der Waals surface area (Å²) in [7, 11) is 0. The zero-order valence-electron chi connectivity index (χ0n) is 18.8. The van der Waals surface area contributed by atoms with E-state index in [0.29, 0.717) is 23.9 Å². The van der Waals surface area contributed by atoms with Gasteiger partial charge in [-0.3, -0.25) is 4.79 Å². The highest BCUT2D eigenvalue weighted by Crippen LogP contribution is 2.23. The molecule has 4 aromatic rings. The van der Waals surface area contributed by atoms with Gasteiger partial charge in [-0.25, -0.2) is 4.98 Å². The van der Waals surface area contributed by atoms with Crippen LogP contribution in [0.2, 0.25) is 10.0 Å². The smallest absolute Gasteiger partial charge is 0.257 e. The van der Waals surface area contributed by atoms with Crippen LogP contribution in [0.5, 0.6) is 5.75 Å². The number of aryl methyl sites for hydroxylation is 1. The number of benzene rings is 3. The molecular formula is C27H27Cl2N3O2. The van der Waals surface area contributed by atoms with Crippen molar-refractivity contribution >= 4 is 40.1 Å². The molecule has 1 N–H and O–H groups in total. The van der Waals surface area contributed by atoms with Gasteiger partial charge in [0.15, 0.2) is 6.61 Å². The summed E-state index contributed by atoms with van der Waals surface area (Å²) in [6, 6.07) is 23.1. The number of para-hydroxylation sites is 2. The number of hydrogen-bond acceptors (Lipinski definition) is 3. The summed E-state index contributed by atoms with van der Waals surface area (Å²) >= 11 is 12.3. The van der Waals surface area contributed by atoms with Gasteiger partial charge in [0.05, 0.1) is 17.6 Å². The number of imidazole rings is 1. The third-order valence-electron chi connectivity index (χ3n) is 5.60. The minimum Gasteiger partial charge on any atom is -0.484 e. The van der Waals surface area contributed by atoms with Gasteiger partial charge in [0.1, 0.15) is 11.6 Å². The number of rotatable bonds is 11. The van der Waals surface area contributed by atoms with Gasteiger partial charge >= 0.3 is 0 Å². The molecule has 1 aromatic heterocycles. The molecule has 0 bridgehead atoms.